The minimum Gasteiger partial charge on any atom is -0.379 e. The molecule has 2 heteroatoms. The second kappa shape index (κ2) is 4.20. The number of halogens is 1. The number of alkyl halides is 1. The van der Waals surface area contributed by atoms with E-state index in [0.29, 0.717) is 6.10 Å². The Morgan fingerprint density at radius 2 is 1.90 bits per heavy atom. The average molecular weight is 165 g/mol. The van der Waals surface area contributed by atoms with E-state index in [2.05, 4.69) is 0 Å². The highest BCUT2D eigenvalue weighted by atomic mass is 35.5. The van der Waals surface area contributed by atoms with Gasteiger partial charge in [-0.2, -0.15) is 0 Å². The lowest BCUT2D eigenvalue weighted by molar-refractivity contribution is 0.0729. The molecule has 0 aliphatic rings. The Kier molecular flexibility index (Phi) is 4.30. The molecule has 0 aliphatic heterocycles. The molecule has 10 heavy (non-hydrogen) atoms. The summed E-state index contributed by atoms with van der Waals surface area (Å²) in [6.07, 6.45) is 1.23. The van der Waals surface area contributed by atoms with Crippen molar-refractivity contribution in [2.24, 2.45) is 0 Å². The van der Waals surface area contributed by atoms with Crippen molar-refractivity contribution < 1.29 is 4.74 Å². The second-order valence-corrected chi connectivity index (χ2v) is 4.41. The maximum absolute atomic E-state index is 5.94. The first kappa shape index (κ1) is 10.2. The van der Waals surface area contributed by atoms with E-state index in [0.717, 1.165) is 13.0 Å². The quantitative estimate of drug-likeness (QED) is 0.581. The number of rotatable bonds is 4. The van der Waals surface area contributed by atoms with Crippen LogP contribution < -0.4 is 0 Å². The highest BCUT2D eigenvalue weighted by molar-refractivity contribution is 6.23. The van der Waals surface area contributed by atoms with Crippen LogP contribution >= 0.6 is 11.6 Å². The van der Waals surface area contributed by atoms with Gasteiger partial charge in [0.25, 0.3) is 0 Å². The van der Waals surface area contributed by atoms with E-state index in [9.17, 15) is 0 Å². The van der Waals surface area contributed by atoms with Crippen LogP contribution in [0.5, 0.6) is 0 Å². The summed E-state index contributed by atoms with van der Waals surface area (Å²) in [7, 11) is 0. The molecule has 0 fully saturated rings. The van der Waals surface area contributed by atoms with Gasteiger partial charge in [0, 0.05) is 11.5 Å². The molecule has 0 aromatic heterocycles. The summed E-state index contributed by atoms with van der Waals surface area (Å²) in [5, 5.41) is 0. The summed E-state index contributed by atoms with van der Waals surface area (Å²) in [6, 6.07) is 0. The second-order valence-electron chi connectivity index (χ2n) is 3.39. The van der Waals surface area contributed by atoms with Crippen LogP contribution in [0, 0.1) is 0 Å². The van der Waals surface area contributed by atoms with Gasteiger partial charge in [0.2, 0.25) is 0 Å². The van der Waals surface area contributed by atoms with Gasteiger partial charge in [-0.25, -0.2) is 0 Å². The summed E-state index contributed by atoms with van der Waals surface area (Å²) in [5.74, 6) is 0. The summed E-state index contributed by atoms with van der Waals surface area (Å²) in [6.45, 7) is 8.81. The van der Waals surface area contributed by atoms with Crippen molar-refractivity contribution in [1.82, 2.24) is 0 Å². The monoisotopic (exact) mass is 164 g/mol. The lowest BCUT2D eigenvalue weighted by atomic mass is 10.1. The van der Waals surface area contributed by atoms with Crippen molar-refractivity contribution >= 4 is 11.6 Å². The van der Waals surface area contributed by atoms with Gasteiger partial charge in [-0.1, -0.05) is 0 Å². The van der Waals surface area contributed by atoms with E-state index in [1.54, 1.807) is 0 Å². The SMILES string of the molecule is CC(C)OCCC(C)(C)Cl. The Labute approximate surface area is 68.7 Å². The highest BCUT2D eigenvalue weighted by Crippen LogP contribution is 2.17. The third-order valence-electron chi connectivity index (χ3n) is 1.15. The smallest absolute Gasteiger partial charge is 0.0518 e. The summed E-state index contributed by atoms with van der Waals surface area (Å²) in [4.78, 5) is -0.116. The van der Waals surface area contributed by atoms with Gasteiger partial charge in [0.05, 0.1) is 6.10 Å². The number of hydrogen-bond acceptors (Lipinski definition) is 1. The summed E-state index contributed by atoms with van der Waals surface area (Å²) < 4.78 is 5.33. The van der Waals surface area contributed by atoms with Crippen LogP contribution in [-0.4, -0.2) is 17.6 Å². The minimum absolute atomic E-state index is 0.116. The molecular weight excluding hydrogens is 148 g/mol. The molecule has 0 aliphatic carbocycles. The van der Waals surface area contributed by atoms with Crippen LogP contribution in [0.25, 0.3) is 0 Å². The van der Waals surface area contributed by atoms with Crippen LogP contribution in [0.15, 0.2) is 0 Å². The van der Waals surface area contributed by atoms with E-state index in [4.69, 9.17) is 16.3 Å². The van der Waals surface area contributed by atoms with E-state index < -0.39 is 0 Å². The molecule has 0 amide bonds. The lowest BCUT2D eigenvalue weighted by Gasteiger charge is -2.16. The van der Waals surface area contributed by atoms with Crippen molar-refractivity contribution in [2.45, 2.75) is 45.1 Å². The van der Waals surface area contributed by atoms with Gasteiger partial charge in [-0.15, -0.1) is 11.6 Å². The zero-order chi connectivity index (χ0) is 8.20. The predicted octanol–water partition coefficient (Wildman–Crippen LogP) is 2.82. The fraction of sp³-hybridized carbons (Fsp3) is 1.00. The third kappa shape index (κ3) is 8.25. The molecule has 0 rings (SSSR count). The molecule has 0 bridgehead atoms. The molecule has 0 saturated heterocycles. The molecule has 0 spiro atoms. The standard InChI is InChI=1S/C8H17ClO/c1-7(2)10-6-5-8(3,4)9/h7H,5-6H2,1-4H3. The molecule has 0 aromatic carbocycles. The van der Waals surface area contributed by atoms with Crippen LogP contribution in [0.1, 0.15) is 34.1 Å². The molecule has 0 unspecified atom stereocenters. The predicted molar refractivity (Wildman–Crippen MR) is 45.6 cm³/mol. The Balaban J connectivity index is 3.21. The normalized spacial score (nSPS) is 12.6. The van der Waals surface area contributed by atoms with Crippen molar-refractivity contribution in [3.05, 3.63) is 0 Å². The first-order chi connectivity index (χ1) is 4.42. The van der Waals surface area contributed by atoms with Crippen LogP contribution in [0.4, 0.5) is 0 Å². The van der Waals surface area contributed by atoms with Crippen molar-refractivity contribution in [3.63, 3.8) is 0 Å². The molecular formula is C8H17ClO. The Morgan fingerprint density at radius 3 is 2.20 bits per heavy atom. The molecule has 0 aromatic rings. The lowest BCUT2D eigenvalue weighted by Crippen LogP contribution is -2.15. The molecule has 0 saturated carbocycles. The topological polar surface area (TPSA) is 9.23 Å². The molecule has 0 heterocycles. The molecule has 0 atom stereocenters. The first-order valence-corrected chi connectivity index (χ1v) is 4.10. The van der Waals surface area contributed by atoms with Crippen LogP contribution in [0.3, 0.4) is 0 Å². The van der Waals surface area contributed by atoms with E-state index in [1.165, 1.54) is 0 Å². The van der Waals surface area contributed by atoms with Gasteiger partial charge in [-0.3, -0.25) is 0 Å². The summed E-state index contributed by atoms with van der Waals surface area (Å²) >= 11 is 5.94. The van der Waals surface area contributed by atoms with E-state index in [1.807, 2.05) is 27.7 Å². The first-order valence-electron chi connectivity index (χ1n) is 3.72. The van der Waals surface area contributed by atoms with Crippen molar-refractivity contribution in [2.75, 3.05) is 6.61 Å². The number of hydrogen-bond donors (Lipinski definition) is 0. The van der Waals surface area contributed by atoms with Gasteiger partial charge in [0.1, 0.15) is 0 Å². The minimum atomic E-state index is -0.116. The number of ether oxygens (including phenoxy) is 1. The van der Waals surface area contributed by atoms with Crippen LogP contribution in [0.2, 0.25) is 0 Å². The highest BCUT2D eigenvalue weighted by Gasteiger charge is 2.12. The molecule has 1 nitrogen and oxygen atoms in total. The fourth-order valence-corrected chi connectivity index (χ4v) is 0.614. The zero-order valence-corrected chi connectivity index (χ0v) is 8.03. The molecule has 62 valence electrons. The van der Waals surface area contributed by atoms with E-state index >= 15 is 0 Å². The van der Waals surface area contributed by atoms with Gasteiger partial charge >= 0.3 is 0 Å². The molecule has 0 radical (unpaired) electrons. The average Bonchev–Trinajstić information content (AvgIpc) is 1.59. The summed E-state index contributed by atoms with van der Waals surface area (Å²) in [5.41, 5.74) is 0. The Hall–Kier alpha value is 0.250. The van der Waals surface area contributed by atoms with E-state index in [-0.39, 0.29) is 4.87 Å². The van der Waals surface area contributed by atoms with Gasteiger partial charge in [0.15, 0.2) is 0 Å². The van der Waals surface area contributed by atoms with Crippen LogP contribution in [-0.2, 0) is 4.74 Å². The van der Waals surface area contributed by atoms with Crippen molar-refractivity contribution in [1.29, 1.82) is 0 Å². The van der Waals surface area contributed by atoms with Crippen molar-refractivity contribution in [3.8, 4) is 0 Å². The maximum Gasteiger partial charge on any atom is 0.0518 e. The zero-order valence-electron chi connectivity index (χ0n) is 7.28. The van der Waals surface area contributed by atoms with Gasteiger partial charge in [-0.05, 0) is 34.1 Å². The maximum atomic E-state index is 5.94. The fourth-order valence-electron chi connectivity index (χ4n) is 0.537. The third-order valence-corrected chi connectivity index (χ3v) is 1.34. The van der Waals surface area contributed by atoms with Gasteiger partial charge < -0.3 is 4.74 Å². The largest absolute Gasteiger partial charge is 0.379 e. The Bertz CT molecular complexity index is 83.7. The molecule has 0 N–H and O–H groups in total. The Morgan fingerprint density at radius 1 is 1.40 bits per heavy atom.